The highest BCUT2D eigenvalue weighted by atomic mass is 35.5. The molecule has 0 bridgehead atoms. The van der Waals surface area contributed by atoms with Gasteiger partial charge in [-0.3, -0.25) is 0 Å². The second-order valence-electron chi connectivity index (χ2n) is 7.04. The van der Waals surface area contributed by atoms with Crippen LogP contribution in [0.25, 0.3) is 0 Å². The summed E-state index contributed by atoms with van der Waals surface area (Å²) in [6, 6.07) is 8.10. The van der Waals surface area contributed by atoms with Crippen LogP contribution in [0, 0.1) is 0 Å². The number of hydrogen-bond donors (Lipinski definition) is 1. The van der Waals surface area contributed by atoms with Crippen LogP contribution < -0.4 is 4.72 Å². The molecule has 1 saturated heterocycles. The highest BCUT2D eigenvalue weighted by Gasteiger charge is 2.29. The van der Waals surface area contributed by atoms with Crippen molar-refractivity contribution in [1.29, 1.82) is 0 Å². The van der Waals surface area contributed by atoms with Crippen molar-refractivity contribution in [2.45, 2.75) is 44.6 Å². The highest BCUT2D eigenvalue weighted by molar-refractivity contribution is 7.87. The SMILES string of the molecule is O=S(=O)(NC1CCCC1)N1CCN(CCCc2ccccc2Cl)CC1. The minimum Gasteiger partial charge on any atom is -0.301 e. The van der Waals surface area contributed by atoms with Gasteiger partial charge in [0.15, 0.2) is 0 Å². The third-order valence-corrected chi connectivity index (χ3v) is 7.27. The second-order valence-corrected chi connectivity index (χ2v) is 9.15. The molecule has 0 amide bonds. The van der Waals surface area contributed by atoms with E-state index in [2.05, 4.69) is 15.7 Å². The normalized spacial score (nSPS) is 21.0. The highest BCUT2D eigenvalue weighted by Crippen LogP contribution is 2.20. The van der Waals surface area contributed by atoms with Crippen molar-refractivity contribution in [2.24, 2.45) is 0 Å². The maximum Gasteiger partial charge on any atom is 0.279 e. The van der Waals surface area contributed by atoms with Crippen LogP contribution in [0.5, 0.6) is 0 Å². The van der Waals surface area contributed by atoms with Gasteiger partial charge in [0.25, 0.3) is 10.2 Å². The van der Waals surface area contributed by atoms with E-state index in [0.717, 1.165) is 63.2 Å². The lowest BCUT2D eigenvalue weighted by Gasteiger charge is -2.34. The molecular formula is C18H28ClN3O2S. The molecule has 1 aromatic carbocycles. The van der Waals surface area contributed by atoms with Crippen LogP contribution in [-0.2, 0) is 16.6 Å². The van der Waals surface area contributed by atoms with Crippen molar-refractivity contribution < 1.29 is 8.42 Å². The summed E-state index contributed by atoms with van der Waals surface area (Å²) < 4.78 is 29.4. The molecule has 1 aromatic rings. The second kappa shape index (κ2) is 8.82. The van der Waals surface area contributed by atoms with Crippen molar-refractivity contribution in [3.8, 4) is 0 Å². The molecule has 1 heterocycles. The number of nitrogens with zero attached hydrogens (tertiary/aromatic N) is 2. The molecule has 0 radical (unpaired) electrons. The van der Waals surface area contributed by atoms with Crippen molar-refractivity contribution in [2.75, 3.05) is 32.7 Å². The predicted molar refractivity (Wildman–Crippen MR) is 102 cm³/mol. The quantitative estimate of drug-likeness (QED) is 0.785. The van der Waals surface area contributed by atoms with Gasteiger partial charge in [-0.2, -0.15) is 17.4 Å². The van der Waals surface area contributed by atoms with Crippen LogP contribution in [0.2, 0.25) is 5.02 Å². The average molecular weight is 386 g/mol. The van der Waals surface area contributed by atoms with Gasteiger partial charge in [-0.1, -0.05) is 42.6 Å². The largest absolute Gasteiger partial charge is 0.301 e. The van der Waals surface area contributed by atoms with E-state index in [1.807, 2.05) is 18.2 Å². The number of aryl methyl sites for hydroxylation is 1. The van der Waals surface area contributed by atoms with E-state index in [-0.39, 0.29) is 6.04 Å². The molecule has 2 fully saturated rings. The third-order valence-electron chi connectivity index (χ3n) is 5.22. The molecule has 140 valence electrons. The summed E-state index contributed by atoms with van der Waals surface area (Å²) in [6.45, 7) is 3.74. The molecule has 2 aliphatic rings. The Morgan fingerprint density at radius 3 is 2.44 bits per heavy atom. The van der Waals surface area contributed by atoms with Gasteiger partial charge in [-0.25, -0.2) is 0 Å². The molecule has 1 aliphatic carbocycles. The van der Waals surface area contributed by atoms with Crippen molar-refractivity contribution in [1.82, 2.24) is 13.9 Å². The zero-order valence-corrected chi connectivity index (χ0v) is 16.2. The van der Waals surface area contributed by atoms with Crippen molar-refractivity contribution in [3.63, 3.8) is 0 Å². The van der Waals surface area contributed by atoms with E-state index in [0.29, 0.717) is 13.1 Å². The van der Waals surface area contributed by atoms with Gasteiger partial charge in [0.05, 0.1) is 0 Å². The first-order valence-corrected chi connectivity index (χ1v) is 11.1. The predicted octanol–water partition coefficient (Wildman–Crippen LogP) is 2.67. The van der Waals surface area contributed by atoms with Gasteiger partial charge in [-0.05, 0) is 43.9 Å². The lowest BCUT2D eigenvalue weighted by atomic mass is 10.1. The van der Waals surface area contributed by atoms with Crippen molar-refractivity contribution >= 4 is 21.8 Å². The number of benzene rings is 1. The van der Waals surface area contributed by atoms with Gasteiger partial charge in [0, 0.05) is 37.2 Å². The summed E-state index contributed by atoms with van der Waals surface area (Å²) in [5.74, 6) is 0. The van der Waals surface area contributed by atoms with Gasteiger partial charge in [0.2, 0.25) is 0 Å². The van der Waals surface area contributed by atoms with Crippen LogP contribution in [0.4, 0.5) is 0 Å². The summed E-state index contributed by atoms with van der Waals surface area (Å²) in [5, 5.41) is 0.830. The molecule has 1 saturated carbocycles. The van der Waals surface area contributed by atoms with Gasteiger partial charge in [-0.15, -0.1) is 0 Å². The Labute approximate surface area is 156 Å². The maximum atomic E-state index is 12.5. The first kappa shape index (κ1) is 19.1. The van der Waals surface area contributed by atoms with Gasteiger partial charge in [0.1, 0.15) is 0 Å². The zero-order chi connectivity index (χ0) is 17.7. The van der Waals surface area contributed by atoms with Crippen LogP contribution in [-0.4, -0.2) is 56.4 Å². The van der Waals surface area contributed by atoms with E-state index < -0.39 is 10.2 Å². The summed E-state index contributed by atoms with van der Waals surface area (Å²) in [5.41, 5.74) is 1.19. The molecule has 1 N–H and O–H groups in total. The Kier molecular flexibility index (Phi) is 6.74. The minimum absolute atomic E-state index is 0.138. The van der Waals surface area contributed by atoms with E-state index in [4.69, 9.17) is 11.6 Å². The fraction of sp³-hybridized carbons (Fsp3) is 0.667. The Morgan fingerprint density at radius 2 is 1.76 bits per heavy atom. The Bertz CT molecular complexity index is 654. The number of hydrogen-bond acceptors (Lipinski definition) is 3. The van der Waals surface area contributed by atoms with E-state index >= 15 is 0 Å². The summed E-state index contributed by atoms with van der Waals surface area (Å²) >= 11 is 6.19. The Hall–Kier alpha value is -0.660. The topological polar surface area (TPSA) is 52.7 Å². The van der Waals surface area contributed by atoms with Crippen molar-refractivity contribution in [3.05, 3.63) is 34.9 Å². The minimum atomic E-state index is -3.32. The fourth-order valence-corrected chi connectivity index (χ4v) is 5.40. The van der Waals surface area contributed by atoms with Crippen LogP contribution in [0.15, 0.2) is 24.3 Å². The lowest BCUT2D eigenvalue weighted by Crippen LogP contribution is -2.53. The molecule has 0 aromatic heterocycles. The van der Waals surface area contributed by atoms with E-state index in [1.165, 1.54) is 5.56 Å². The summed E-state index contributed by atoms with van der Waals surface area (Å²) in [6.07, 6.45) is 6.21. The Balaban J connectivity index is 1.40. The lowest BCUT2D eigenvalue weighted by molar-refractivity contribution is 0.185. The van der Waals surface area contributed by atoms with Crippen LogP contribution in [0.1, 0.15) is 37.7 Å². The zero-order valence-electron chi connectivity index (χ0n) is 14.7. The fourth-order valence-electron chi connectivity index (χ4n) is 3.72. The monoisotopic (exact) mass is 385 g/mol. The molecule has 7 heteroatoms. The van der Waals surface area contributed by atoms with E-state index in [1.54, 1.807) is 4.31 Å². The molecule has 3 rings (SSSR count). The number of nitrogens with one attached hydrogen (secondary N) is 1. The van der Waals surface area contributed by atoms with Crippen LogP contribution >= 0.6 is 11.6 Å². The molecule has 0 atom stereocenters. The van der Waals surface area contributed by atoms with Gasteiger partial charge >= 0.3 is 0 Å². The first-order chi connectivity index (χ1) is 12.0. The molecule has 1 aliphatic heterocycles. The van der Waals surface area contributed by atoms with Gasteiger partial charge < -0.3 is 4.90 Å². The molecule has 25 heavy (non-hydrogen) atoms. The number of rotatable bonds is 7. The van der Waals surface area contributed by atoms with Crippen LogP contribution in [0.3, 0.4) is 0 Å². The smallest absolute Gasteiger partial charge is 0.279 e. The third kappa shape index (κ3) is 5.41. The standard InChI is InChI=1S/C18H28ClN3O2S/c19-18-10-4-1-6-16(18)7-5-11-21-12-14-22(15-13-21)25(23,24)20-17-8-2-3-9-17/h1,4,6,10,17,20H,2-3,5,7-9,11-15H2. The Morgan fingerprint density at radius 1 is 1.08 bits per heavy atom. The molecule has 0 spiro atoms. The molecular weight excluding hydrogens is 358 g/mol. The van der Waals surface area contributed by atoms with E-state index in [9.17, 15) is 8.42 Å². The number of halogens is 1. The first-order valence-electron chi connectivity index (χ1n) is 9.28. The average Bonchev–Trinajstić information content (AvgIpc) is 3.09. The summed E-state index contributed by atoms with van der Waals surface area (Å²) in [4.78, 5) is 2.35. The maximum absolute atomic E-state index is 12.5. The molecule has 5 nitrogen and oxygen atoms in total. The number of piperazine rings is 1. The molecule has 0 unspecified atom stereocenters. The summed E-state index contributed by atoms with van der Waals surface area (Å²) in [7, 11) is -3.32.